The second-order valence-corrected chi connectivity index (χ2v) is 8.85. The molecule has 0 unspecified atom stereocenters. The van der Waals surface area contributed by atoms with Crippen LogP contribution in [0.15, 0.2) is 91.3 Å². The van der Waals surface area contributed by atoms with E-state index in [2.05, 4.69) is 4.98 Å². The quantitative estimate of drug-likeness (QED) is 0.212. The SMILES string of the molecule is CCC(=O)N(C(=O)C(=O)c1cn(Cc2ccc(Cl)cc2)c2ccccc12)c1ccc2ncccc2c1. The Morgan fingerprint density at radius 2 is 1.72 bits per heavy atom. The highest BCUT2D eigenvalue weighted by atomic mass is 35.5. The topological polar surface area (TPSA) is 72.3 Å². The van der Waals surface area contributed by atoms with Crippen molar-refractivity contribution < 1.29 is 14.4 Å². The van der Waals surface area contributed by atoms with Crippen molar-refractivity contribution in [3.05, 3.63) is 107 Å². The van der Waals surface area contributed by atoms with Gasteiger partial charge in [0.1, 0.15) is 0 Å². The van der Waals surface area contributed by atoms with Crippen LogP contribution >= 0.6 is 11.6 Å². The van der Waals surface area contributed by atoms with Crippen LogP contribution in [0.5, 0.6) is 0 Å². The second kappa shape index (κ2) is 9.76. The number of para-hydroxylation sites is 1. The summed E-state index contributed by atoms with van der Waals surface area (Å²) in [6.07, 6.45) is 3.42. The van der Waals surface area contributed by atoms with Crippen LogP contribution in [0.25, 0.3) is 21.8 Å². The Kier molecular flexibility index (Phi) is 6.36. The fraction of sp³-hybridized carbons (Fsp3) is 0.103. The smallest absolute Gasteiger partial charge is 0.306 e. The summed E-state index contributed by atoms with van der Waals surface area (Å²) in [5, 5.41) is 2.06. The number of amides is 2. The third-order valence-corrected chi connectivity index (χ3v) is 6.35. The summed E-state index contributed by atoms with van der Waals surface area (Å²) in [6, 6.07) is 23.6. The summed E-state index contributed by atoms with van der Waals surface area (Å²) >= 11 is 6.02. The lowest BCUT2D eigenvalue weighted by atomic mass is 10.1. The molecule has 0 radical (unpaired) electrons. The van der Waals surface area contributed by atoms with Gasteiger partial charge in [-0.3, -0.25) is 19.4 Å². The Labute approximate surface area is 212 Å². The molecule has 0 saturated heterocycles. The maximum atomic E-state index is 13.6. The molecule has 2 heterocycles. The van der Waals surface area contributed by atoms with Crippen LogP contribution in [0.3, 0.4) is 0 Å². The number of rotatable bonds is 6. The molecule has 178 valence electrons. The lowest BCUT2D eigenvalue weighted by molar-refractivity contribution is -0.124. The number of halogens is 1. The van der Waals surface area contributed by atoms with Crippen molar-refractivity contribution in [2.24, 2.45) is 0 Å². The summed E-state index contributed by atoms with van der Waals surface area (Å²) in [5.74, 6) is -2.09. The van der Waals surface area contributed by atoms with E-state index in [0.717, 1.165) is 26.9 Å². The normalized spacial score (nSPS) is 11.1. The molecule has 0 aliphatic carbocycles. The van der Waals surface area contributed by atoms with Gasteiger partial charge in [-0.25, -0.2) is 4.90 Å². The fourth-order valence-corrected chi connectivity index (χ4v) is 4.42. The number of carbonyl (C=O) groups excluding carboxylic acids is 3. The zero-order valence-corrected chi connectivity index (χ0v) is 20.3. The Hall–Kier alpha value is -4.29. The molecule has 0 aliphatic rings. The number of fused-ring (bicyclic) bond motifs is 2. The summed E-state index contributed by atoms with van der Waals surface area (Å²) in [4.78, 5) is 45.3. The fourth-order valence-electron chi connectivity index (χ4n) is 4.30. The summed E-state index contributed by atoms with van der Waals surface area (Å²) < 4.78 is 1.92. The number of Topliss-reactive ketones (excluding diaryl/α,β-unsaturated/α-hetero) is 1. The van der Waals surface area contributed by atoms with Gasteiger partial charge >= 0.3 is 5.91 Å². The summed E-state index contributed by atoms with van der Waals surface area (Å²) in [5.41, 5.74) is 3.13. The molecule has 0 bridgehead atoms. The minimum absolute atomic E-state index is 0.0718. The van der Waals surface area contributed by atoms with Gasteiger partial charge in [-0.15, -0.1) is 0 Å². The predicted octanol–water partition coefficient (Wildman–Crippen LogP) is 6.04. The number of carbonyl (C=O) groups is 3. The largest absolute Gasteiger partial charge is 0.342 e. The molecule has 36 heavy (non-hydrogen) atoms. The van der Waals surface area contributed by atoms with E-state index in [9.17, 15) is 14.4 Å². The van der Waals surface area contributed by atoms with Crippen molar-refractivity contribution in [1.29, 1.82) is 0 Å². The highest BCUT2D eigenvalue weighted by Gasteiger charge is 2.31. The molecule has 0 aliphatic heterocycles. The van der Waals surface area contributed by atoms with Crippen LogP contribution in [-0.4, -0.2) is 27.1 Å². The number of anilines is 1. The molecular weight excluding hydrogens is 474 g/mol. The number of hydrogen-bond acceptors (Lipinski definition) is 4. The molecule has 5 rings (SSSR count). The van der Waals surface area contributed by atoms with Crippen molar-refractivity contribution in [2.45, 2.75) is 19.9 Å². The molecule has 0 saturated carbocycles. The van der Waals surface area contributed by atoms with Crippen LogP contribution in [0.4, 0.5) is 5.69 Å². The van der Waals surface area contributed by atoms with Gasteiger partial charge in [0.15, 0.2) is 0 Å². The van der Waals surface area contributed by atoms with Crippen molar-refractivity contribution in [3.63, 3.8) is 0 Å². The molecule has 0 fully saturated rings. The zero-order chi connectivity index (χ0) is 25.2. The van der Waals surface area contributed by atoms with Crippen molar-refractivity contribution in [3.8, 4) is 0 Å². The minimum atomic E-state index is -0.889. The van der Waals surface area contributed by atoms with E-state index >= 15 is 0 Å². The molecular formula is C29H22ClN3O3. The lowest BCUT2D eigenvalue weighted by Crippen LogP contribution is -2.41. The van der Waals surface area contributed by atoms with E-state index in [4.69, 9.17) is 11.6 Å². The van der Waals surface area contributed by atoms with Crippen LogP contribution in [0.1, 0.15) is 29.3 Å². The molecule has 5 aromatic rings. The van der Waals surface area contributed by atoms with E-state index in [1.807, 2.05) is 59.2 Å². The number of pyridine rings is 1. The number of benzene rings is 3. The maximum absolute atomic E-state index is 13.6. The van der Waals surface area contributed by atoms with Crippen molar-refractivity contribution in [1.82, 2.24) is 9.55 Å². The molecule has 7 heteroatoms. The van der Waals surface area contributed by atoms with Gasteiger partial charge in [0.2, 0.25) is 5.91 Å². The highest BCUT2D eigenvalue weighted by Crippen LogP contribution is 2.26. The standard InChI is InChI=1S/C29H22ClN3O3/c1-2-27(34)33(22-13-14-25-20(16-22)6-5-15-31-25)29(36)28(35)24-18-32(26-8-4-3-7-23(24)26)17-19-9-11-21(30)12-10-19/h3-16,18H,2,17H2,1H3. The third kappa shape index (κ3) is 4.39. The first kappa shape index (κ1) is 23.5. The van der Waals surface area contributed by atoms with Crippen molar-refractivity contribution in [2.75, 3.05) is 4.90 Å². The number of imide groups is 1. The minimum Gasteiger partial charge on any atom is -0.342 e. The Bertz CT molecular complexity index is 1620. The number of aromatic nitrogens is 2. The molecule has 2 aromatic heterocycles. The maximum Gasteiger partial charge on any atom is 0.306 e. The van der Waals surface area contributed by atoms with Crippen LogP contribution in [0, 0.1) is 0 Å². The zero-order valence-electron chi connectivity index (χ0n) is 19.5. The average Bonchev–Trinajstić information content (AvgIpc) is 3.27. The van der Waals surface area contributed by atoms with Gasteiger partial charge in [0.05, 0.1) is 16.8 Å². The first-order chi connectivity index (χ1) is 17.5. The van der Waals surface area contributed by atoms with Crippen molar-refractivity contribution >= 4 is 56.7 Å². The first-order valence-corrected chi connectivity index (χ1v) is 11.9. The number of hydrogen-bond donors (Lipinski definition) is 0. The molecule has 0 atom stereocenters. The predicted molar refractivity (Wildman–Crippen MR) is 141 cm³/mol. The molecule has 0 spiro atoms. The monoisotopic (exact) mass is 495 g/mol. The van der Waals surface area contributed by atoms with E-state index in [-0.39, 0.29) is 12.0 Å². The van der Waals surface area contributed by atoms with Crippen LogP contribution in [-0.2, 0) is 16.1 Å². The van der Waals surface area contributed by atoms with Gasteiger partial charge in [-0.1, -0.05) is 54.9 Å². The third-order valence-electron chi connectivity index (χ3n) is 6.09. The number of ketones is 1. The Morgan fingerprint density at radius 3 is 2.50 bits per heavy atom. The Balaban J connectivity index is 1.54. The first-order valence-electron chi connectivity index (χ1n) is 11.5. The average molecular weight is 496 g/mol. The molecule has 3 aromatic carbocycles. The summed E-state index contributed by atoms with van der Waals surface area (Å²) in [7, 11) is 0. The summed E-state index contributed by atoms with van der Waals surface area (Å²) in [6.45, 7) is 2.15. The van der Waals surface area contributed by atoms with Gasteiger partial charge in [0, 0.05) is 46.7 Å². The molecule has 6 nitrogen and oxygen atoms in total. The number of nitrogens with zero attached hydrogens (tertiary/aromatic N) is 3. The van der Waals surface area contributed by atoms with Gasteiger partial charge < -0.3 is 4.57 Å². The molecule has 2 amide bonds. The molecule has 0 N–H and O–H groups in total. The van der Waals surface area contributed by atoms with E-state index in [1.54, 1.807) is 43.6 Å². The van der Waals surface area contributed by atoms with Gasteiger partial charge in [-0.05, 0) is 48.0 Å². The van der Waals surface area contributed by atoms with E-state index < -0.39 is 17.6 Å². The second-order valence-electron chi connectivity index (χ2n) is 8.41. The van der Waals surface area contributed by atoms with E-state index in [1.165, 1.54) is 0 Å². The highest BCUT2D eigenvalue weighted by molar-refractivity contribution is 6.52. The van der Waals surface area contributed by atoms with E-state index in [0.29, 0.717) is 22.6 Å². The van der Waals surface area contributed by atoms with Gasteiger partial charge in [-0.2, -0.15) is 0 Å². The lowest BCUT2D eigenvalue weighted by Gasteiger charge is -2.20. The van der Waals surface area contributed by atoms with Crippen LogP contribution in [0.2, 0.25) is 5.02 Å². The Morgan fingerprint density at radius 1 is 0.944 bits per heavy atom. The van der Waals surface area contributed by atoms with Gasteiger partial charge in [0.25, 0.3) is 5.78 Å². The van der Waals surface area contributed by atoms with Crippen LogP contribution < -0.4 is 4.90 Å².